The number of Topliss-reactive ketones (excluding diaryl/α,β-unsaturated/α-hetero) is 1. The first-order chi connectivity index (χ1) is 6.24. The fourth-order valence-electron chi connectivity index (χ4n) is 1.62. The van der Waals surface area contributed by atoms with Crippen molar-refractivity contribution in [2.24, 2.45) is 0 Å². The van der Waals surface area contributed by atoms with Crippen LogP contribution in [0.1, 0.15) is 17.9 Å². The number of carbonyl (C=O) groups excluding carboxylic acids is 1. The highest BCUT2D eigenvalue weighted by atomic mass is 16.3. The lowest BCUT2D eigenvalue weighted by atomic mass is 10.4. The van der Waals surface area contributed by atoms with Crippen LogP contribution in [0.25, 0.3) is 0 Å². The van der Waals surface area contributed by atoms with Crippen molar-refractivity contribution in [1.29, 1.82) is 0 Å². The van der Waals surface area contributed by atoms with Gasteiger partial charge in [0.15, 0.2) is 0 Å². The summed E-state index contributed by atoms with van der Waals surface area (Å²) < 4.78 is 5.43. The highest BCUT2D eigenvalue weighted by molar-refractivity contribution is 5.82. The van der Waals surface area contributed by atoms with Crippen LogP contribution >= 0.6 is 0 Å². The second kappa shape index (κ2) is 3.34. The molecule has 1 aliphatic heterocycles. The van der Waals surface area contributed by atoms with Gasteiger partial charge < -0.3 is 4.42 Å². The second-order valence-corrected chi connectivity index (χ2v) is 3.51. The number of furan rings is 1. The molecule has 0 amide bonds. The Morgan fingerprint density at radius 3 is 2.92 bits per heavy atom. The lowest BCUT2D eigenvalue weighted by Gasteiger charge is -2.10. The van der Waals surface area contributed by atoms with E-state index in [1.807, 2.05) is 19.1 Å². The van der Waals surface area contributed by atoms with Gasteiger partial charge in [0, 0.05) is 13.0 Å². The van der Waals surface area contributed by atoms with Gasteiger partial charge in [0.25, 0.3) is 0 Å². The van der Waals surface area contributed by atoms with Gasteiger partial charge in [-0.3, -0.25) is 9.69 Å². The zero-order valence-corrected chi connectivity index (χ0v) is 7.75. The van der Waals surface area contributed by atoms with Crippen molar-refractivity contribution in [3.05, 3.63) is 23.7 Å². The summed E-state index contributed by atoms with van der Waals surface area (Å²) in [5.74, 6) is 2.22. The summed E-state index contributed by atoms with van der Waals surface area (Å²) in [6, 6.07) is 3.92. The molecule has 0 aliphatic carbocycles. The molecule has 1 aromatic heterocycles. The van der Waals surface area contributed by atoms with E-state index in [0.29, 0.717) is 18.7 Å². The highest BCUT2D eigenvalue weighted by Gasteiger charge is 2.19. The van der Waals surface area contributed by atoms with E-state index in [2.05, 4.69) is 4.90 Å². The molecule has 0 unspecified atom stereocenters. The Labute approximate surface area is 77.3 Å². The minimum Gasteiger partial charge on any atom is -0.465 e. The van der Waals surface area contributed by atoms with Crippen LogP contribution in [0.15, 0.2) is 16.5 Å². The average molecular weight is 179 g/mol. The third kappa shape index (κ3) is 1.98. The van der Waals surface area contributed by atoms with Crippen LogP contribution in [0.2, 0.25) is 0 Å². The molecule has 1 aromatic rings. The lowest BCUT2D eigenvalue weighted by Crippen LogP contribution is -2.19. The summed E-state index contributed by atoms with van der Waals surface area (Å²) in [4.78, 5) is 13.1. The number of ketones is 1. The molecule has 1 aliphatic rings. The number of carbonyl (C=O) groups is 1. The molecular formula is C10H13NO2. The lowest BCUT2D eigenvalue weighted by molar-refractivity contribution is -0.116. The molecule has 0 aromatic carbocycles. The number of nitrogens with zero attached hydrogens (tertiary/aromatic N) is 1. The largest absolute Gasteiger partial charge is 0.465 e. The Bertz CT molecular complexity index is 316. The van der Waals surface area contributed by atoms with Crippen molar-refractivity contribution in [2.75, 3.05) is 13.1 Å². The number of aryl methyl sites for hydroxylation is 1. The minimum atomic E-state index is 0.336. The molecule has 0 atom stereocenters. The quantitative estimate of drug-likeness (QED) is 0.687. The average Bonchev–Trinajstić information content (AvgIpc) is 2.62. The van der Waals surface area contributed by atoms with Crippen LogP contribution < -0.4 is 0 Å². The molecule has 0 spiro atoms. The molecule has 1 fully saturated rings. The van der Waals surface area contributed by atoms with Crippen molar-refractivity contribution < 1.29 is 9.21 Å². The minimum absolute atomic E-state index is 0.336. The monoisotopic (exact) mass is 179 g/mol. The molecule has 3 heteroatoms. The summed E-state index contributed by atoms with van der Waals surface area (Å²) >= 11 is 0. The van der Waals surface area contributed by atoms with Gasteiger partial charge in [-0.25, -0.2) is 0 Å². The van der Waals surface area contributed by atoms with Crippen molar-refractivity contribution >= 4 is 5.78 Å². The Morgan fingerprint density at radius 1 is 1.54 bits per heavy atom. The van der Waals surface area contributed by atoms with Crippen LogP contribution in [0, 0.1) is 6.92 Å². The van der Waals surface area contributed by atoms with Gasteiger partial charge in [0.2, 0.25) is 0 Å². The maximum absolute atomic E-state index is 11.0. The Morgan fingerprint density at radius 2 is 2.38 bits per heavy atom. The van der Waals surface area contributed by atoms with Gasteiger partial charge in [0.1, 0.15) is 17.3 Å². The van der Waals surface area contributed by atoms with Crippen LogP contribution in [0.3, 0.4) is 0 Å². The van der Waals surface area contributed by atoms with Crippen molar-refractivity contribution in [2.45, 2.75) is 19.9 Å². The van der Waals surface area contributed by atoms with Gasteiger partial charge in [0.05, 0.1) is 13.1 Å². The van der Waals surface area contributed by atoms with E-state index in [1.54, 1.807) is 0 Å². The third-order valence-electron chi connectivity index (χ3n) is 2.28. The highest BCUT2D eigenvalue weighted by Crippen LogP contribution is 2.12. The smallest absolute Gasteiger partial charge is 0.148 e. The topological polar surface area (TPSA) is 33.5 Å². The Balaban J connectivity index is 1.95. The molecule has 3 nitrogen and oxygen atoms in total. The molecule has 13 heavy (non-hydrogen) atoms. The van der Waals surface area contributed by atoms with E-state index in [4.69, 9.17) is 4.42 Å². The van der Waals surface area contributed by atoms with Crippen LogP contribution in [-0.2, 0) is 11.3 Å². The van der Waals surface area contributed by atoms with Gasteiger partial charge in [-0.2, -0.15) is 0 Å². The van der Waals surface area contributed by atoms with Gasteiger partial charge in [-0.1, -0.05) is 0 Å². The van der Waals surface area contributed by atoms with Crippen molar-refractivity contribution in [3.63, 3.8) is 0 Å². The summed E-state index contributed by atoms with van der Waals surface area (Å²) in [6.07, 6.45) is 0.694. The molecule has 2 heterocycles. The van der Waals surface area contributed by atoms with Crippen LogP contribution in [-0.4, -0.2) is 23.8 Å². The maximum Gasteiger partial charge on any atom is 0.148 e. The third-order valence-corrected chi connectivity index (χ3v) is 2.28. The second-order valence-electron chi connectivity index (χ2n) is 3.51. The zero-order valence-electron chi connectivity index (χ0n) is 7.75. The van der Waals surface area contributed by atoms with Crippen LogP contribution in [0.4, 0.5) is 0 Å². The summed E-state index contributed by atoms with van der Waals surface area (Å²) in [5, 5.41) is 0. The predicted octanol–water partition coefficient (Wildman–Crippen LogP) is 1.36. The molecule has 1 saturated heterocycles. The van der Waals surface area contributed by atoms with Crippen molar-refractivity contribution in [3.8, 4) is 0 Å². The number of likely N-dealkylation sites (tertiary alicyclic amines) is 1. The first-order valence-electron chi connectivity index (χ1n) is 4.53. The first kappa shape index (κ1) is 8.51. The maximum atomic E-state index is 11.0. The summed E-state index contributed by atoms with van der Waals surface area (Å²) in [5.41, 5.74) is 0. The van der Waals surface area contributed by atoms with E-state index in [9.17, 15) is 4.79 Å². The van der Waals surface area contributed by atoms with Gasteiger partial charge >= 0.3 is 0 Å². The van der Waals surface area contributed by atoms with E-state index in [0.717, 1.165) is 24.6 Å². The van der Waals surface area contributed by atoms with Crippen LogP contribution in [0.5, 0.6) is 0 Å². The summed E-state index contributed by atoms with van der Waals surface area (Å²) in [6.45, 7) is 4.15. The first-order valence-corrected chi connectivity index (χ1v) is 4.53. The molecule has 0 saturated carbocycles. The van der Waals surface area contributed by atoms with E-state index in [-0.39, 0.29) is 0 Å². The Hall–Kier alpha value is -1.09. The number of hydrogen-bond donors (Lipinski definition) is 0. The van der Waals surface area contributed by atoms with E-state index < -0.39 is 0 Å². The summed E-state index contributed by atoms with van der Waals surface area (Å²) in [7, 11) is 0. The SMILES string of the molecule is Cc1ccc(CN2CCC(=O)C2)o1. The van der Waals surface area contributed by atoms with E-state index in [1.165, 1.54) is 0 Å². The molecule has 0 radical (unpaired) electrons. The molecule has 70 valence electrons. The fraction of sp³-hybridized carbons (Fsp3) is 0.500. The molecule has 0 N–H and O–H groups in total. The zero-order chi connectivity index (χ0) is 9.26. The van der Waals surface area contributed by atoms with E-state index >= 15 is 0 Å². The predicted molar refractivity (Wildman–Crippen MR) is 48.3 cm³/mol. The number of rotatable bonds is 2. The Kier molecular flexibility index (Phi) is 2.19. The molecular weight excluding hydrogens is 166 g/mol. The van der Waals surface area contributed by atoms with Gasteiger partial charge in [-0.05, 0) is 19.1 Å². The fourth-order valence-corrected chi connectivity index (χ4v) is 1.62. The van der Waals surface area contributed by atoms with Gasteiger partial charge in [-0.15, -0.1) is 0 Å². The normalized spacial score (nSPS) is 18.4. The standard InChI is InChI=1S/C10H13NO2/c1-8-2-3-10(13-8)7-11-5-4-9(12)6-11/h2-3H,4-7H2,1H3. The number of hydrogen-bond acceptors (Lipinski definition) is 3. The van der Waals surface area contributed by atoms with Crippen molar-refractivity contribution in [1.82, 2.24) is 4.90 Å². The molecule has 2 rings (SSSR count). The molecule has 0 bridgehead atoms.